The van der Waals surface area contributed by atoms with Crippen LogP contribution in [0.25, 0.3) is 0 Å². The lowest BCUT2D eigenvalue weighted by atomic mass is 10.2. The van der Waals surface area contributed by atoms with Gasteiger partial charge in [0.15, 0.2) is 0 Å². The van der Waals surface area contributed by atoms with E-state index in [0.717, 1.165) is 21.4 Å². The molecule has 0 amide bonds. The lowest BCUT2D eigenvalue weighted by molar-refractivity contribution is 0.112. The highest BCUT2D eigenvalue weighted by Gasteiger charge is 2.03. The van der Waals surface area contributed by atoms with Gasteiger partial charge in [-0.3, -0.25) is 4.79 Å². The summed E-state index contributed by atoms with van der Waals surface area (Å²) in [6.07, 6.45) is 0.828. The Labute approximate surface area is 107 Å². The highest BCUT2D eigenvalue weighted by Crippen LogP contribution is 2.26. The van der Waals surface area contributed by atoms with Crippen molar-refractivity contribution >= 4 is 28.9 Å². The van der Waals surface area contributed by atoms with E-state index in [0.29, 0.717) is 5.56 Å². The predicted molar refractivity (Wildman–Crippen MR) is 71.1 cm³/mol. The molecule has 2 aromatic carbocycles. The van der Waals surface area contributed by atoms with Gasteiger partial charge >= 0.3 is 0 Å². The number of aldehydes is 1. The van der Waals surface area contributed by atoms with Crippen molar-refractivity contribution in [2.24, 2.45) is 0 Å². The molecular formula is C13H9IO2. The molecule has 2 aromatic rings. The van der Waals surface area contributed by atoms with Crippen molar-refractivity contribution in [1.29, 1.82) is 0 Å². The molecule has 0 radical (unpaired) electrons. The molecule has 0 saturated carbocycles. The number of para-hydroxylation sites is 1. The van der Waals surface area contributed by atoms with Crippen LogP contribution in [0.4, 0.5) is 0 Å². The first-order valence-corrected chi connectivity index (χ1v) is 5.85. The highest BCUT2D eigenvalue weighted by atomic mass is 127. The maximum absolute atomic E-state index is 10.6. The summed E-state index contributed by atoms with van der Waals surface area (Å²) < 4.78 is 6.61. The molecule has 0 aliphatic heterocycles. The molecule has 0 aromatic heterocycles. The molecule has 2 rings (SSSR count). The van der Waals surface area contributed by atoms with Crippen molar-refractivity contribution < 1.29 is 9.53 Å². The zero-order valence-corrected chi connectivity index (χ0v) is 10.5. The van der Waals surface area contributed by atoms with Gasteiger partial charge in [-0.1, -0.05) is 18.2 Å². The summed E-state index contributed by atoms with van der Waals surface area (Å²) in [5.74, 6) is 1.55. The van der Waals surface area contributed by atoms with Gasteiger partial charge in [0, 0.05) is 5.56 Å². The van der Waals surface area contributed by atoms with E-state index in [-0.39, 0.29) is 0 Å². The summed E-state index contributed by atoms with van der Waals surface area (Å²) in [4.78, 5) is 10.6. The molecule has 0 bridgehead atoms. The first-order valence-electron chi connectivity index (χ1n) is 4.77. The molecule has 0 unspecified atom stereocenters. The molecule has 3 heteroatoms. The fraction of sp³-hybridized carbons (Fsp3) is 0. The van der Waals surface area contributed by atoms with E-state index in [1.165, 1.54) is 0 Å². The van der Waals surface area contributed by atoms with Crippen molar-refractivity contribution in [3.05, 3.63) is 57.7 Å². The Balaban J connectivity index is 2.25. The van der Waals surface area contributed by atoms with Crippen LogP contribution in [0.5, 0.6) is 11.5 Å². The second-order valence-corrected chi connectivity index (χ2v) is 4.39. The molecule has 0 fully saturated rings. The zero-order valence-electron chi connectivity index (χ0n) is 8.39. The summed E-state index contributed by atoms with van der Waals surface area (Å²) >= 11 is 2.15. The van der Waals surface area contributed by atoms with Crippen molar-refractivity contribution in [3.8, 4) is 11.5 Å². The average molecular weight is 324 g/mol. The molecule has 0 aliphatic rings. The van der Waals surface area contributed by atoms with E-state index in [4.69, 9.17) is 4.74 Å². The molecule has 16 heavy (non-hydrogen) atoms. The number of rotatable bonds is 3. The third kappa shape index (κ3) is 2.61. The maximum atomic E-state index is 10.6. The fourth-order valence-corrected chi connectivity index (χ4v) is 1.94. The minimum atomic E-state index is 0.657. The Morgan fingerprint density at radius 3 is 2.44 bits per heavy atom. The van der Waals surface area contributed by atoms with Crippen LogP contribution in [0.1, 0.15) is 10.4 Å². The number of benzene rings is 2. The zero-order chi connectivity index (χ0) is 11.4. The lowest BCUT2D eigenvalue weighted by Crippen LogP contribution is -1.89. The largest absolute Gasteiger partial charge is 0.456 e. The second-order valence-electron chi connectivity index (χ2n) is 3.22. The van der Waals surface area contributed by atoms with E-state index in [9.17, 15) is 4.79 Å². The molecule has 0 heterocycles. The van der Waals surface area contributed by atoms with Crippen LogP contribution in [0.2, 0.25) is 0 Å². The van der Waals surface area contributed by atoms with Gasteiger partial charge in [0.1, 0.15) is 17.8 Å². The summed E-state index contributed by atoms with van der Waals surface area (Å²) in [6, 6.07) is 14.9. The van der Waals surface area contributed by atoms with Gasteiger partial charge in [0.05, 0.1) is 3.57 Å². The molecular weight excluding hydrogens is 315 g/mol. The van der Waals surface area contributed by atoms with Crippen molar-refractivity contribution in [3.63, 3.8) is 0 Å². The van der Waals surface area contributed by atoms with Crippen LogP contribution in [0, 0.1) is 3.57 Å². The van der Waals surface area contributed by atoms with E-state index in [1.807, 2.05) is 30.3 Å². The van der Waals surface area contributed by atoms with E-state index < -0.39 is 0 Å². The van der Waals surface area contributed by atoms with Gasteiger partial charge in [-0.05, 0) is 52.9 Å². The van der Waals surface area contributed by atoms with Crippen LogP contribution in [-0.4, -0.2) is 6.29 Å². The molecule has 0 aliphatic carbocycles. The average Bonchev–Trinajstić information content (AvgIpc) is 2.33. The number of ether oxygens (including phenoxy) is 1. The Bertz CT molecular complexity index is 495. The van der Waals surface area contributed by atoms with E-state index >= 15 is 0 Å². The topological polar surface area (TPSA) is 26.3 Å². The monoisotopic (exact) mass is 324 g/mol. The highest BCUT2D eigenvalue weighted by molar-refractivity contribution is 14.1. The van der Waals surface area contributed by atoms with Gasteiger partial charge in [-0.2, -0.15) is 0 Å². The standard InChI is InChI=1S/C13H9IO2/c14-12-8-10(9-15)6-7-13(12)16-11-4-2-1-3-5-11/h1-9H. The Morgan fingerprint density at radius 2 is 1.81 bits per heavy atom. The molecule has 0 saturated heterocycles. The normalized spacial score (nSPS) is 9.81. The molecule has 0 N–H and O–H groups in total. The van der Waals surface area contributed by atoms with Crippen LogP contribution in [0.3, 0.4) is 0 Å². The first-order chi connectivity index (χ1) is 7.79. The Kier molecular flexibility index (Phi) is 3.56. The quantitative estimate of drug-likeness (QED) is 0.632. The van der Waals surface area contributed by atoms with Crippen molar-refractivity contribution in [1.82, 2.24) is 0 Å². The van der Waals surface area contributed by atoms with Gasteiger partial charge in [0.2, 0.25) is 0 Å². The van der Waals surface area contributed by atoms with Gasteiger partial charge in [0.25, 0.3) is 0 Å². The first kappa shape index (κ1) is 11.1. The van der Waals surface area contributed by atoms with E-state index in [1.54, 1.807) is 18.2 Å². The SMILES string of the molecule is O=Cc1ccc(Oc2ccccc2)c(I)c1. The molecule has 80 valence electrons. The van der Waals surface area contributed by atoms with Crippen LogP contribution in [-0.2, 0) is 0 Å². The van der Waals surface area contributed by atoms with Crippen LogP contribution < -0.4 is 4.74 Å². The Morgan fingerprint density at radius 1 is 1.06 bits per heavy atom. The number of hydrogen-bond acceptors (Lipinski definition) is 2. The summed E-state index contributed by atoms with van der Waals surface area (Å²) in [7, 11) is 0. The third-order valence-corrected chi connectivity index (χ3v) is 2.91. The maximum Gasteiger partial charge on any atom is 0.150 e. The summed E-state index contributed by atoms with van der Waals surface area (Å²) in [5.41, 5.74) is 0.657. The number of halogens is 1. The number of carbonyl (C=O) groups excluding carboxylic acids is 1. The lowest BCUT2D eigenvalue weighted by Gasteiger charge is -2.07. The smallest absolute Gasteiger partial charge is 0.150 e. The van der Waals surface area contributed by atoms with Crippen molar-refractivity contribution in [2.45, 2.75) is 0 Å². The Hall–Kier alpha value is -1.36. The molecule has 0 spiro atoms. The summed E-state index contributed by atoms with van der Waals surface area (Å²) in [6.45, 7) is 0. The van der Waals surface area contributed by atoms with Crippen LogP contribution in [0.15, 0.2) is 48.5 Å². The second kappa shape index (κ2) is 5.12. The third-order valence-electron chi connectivity index (χ3n) is 2.06. The van der Waals surface area contributed by atoms with Gasteiger partial charge < -0.3 is 4.74 Å². The minimum Gasteiger partial charge on any atom is -0.456 e. The van der Waals surface area contributed by atoms with Crippen LogP contribution >= 0.6 is 22.6 Å². The van der Waals surface area contributed by atoms with Gasteiger partial charge in [-0.15, -0.1) is 0 Å². The molecule has 2 nitrogen and oxygen atoms in total. The van der Waals surface area contributed by atoms with Gasteiger partial charge in [-0.25, -0.2) is 0 Å². The number of hydrogen-bond donors (Lipinski definition) is 0. The molecule has 0 atom stereocenters. The predicted octanol–water partition coefficient (Wildman–Crippen LogP) is 3.90. The van der Waals surface area contributed by atoms with Crippen molar-refractivity contribution in [2.75, 3.05) is 0 Å². The fourth-order valence-electron chi connectivity index (χ4n) is 1.29. The minimum absolute atomic E-state index is 0.657. The number of carbonyl (C=O) groups is 1. The van der Waals surface area contributed by atoms with E-state index in [2.05, 4.69) is 22.6 Å². The summed E-state index contributed by atoms with van der Waals surface area (Å²) in [5, 5.41) is 0.